The van der Waals surface area contributed by atoms with E-state index < -0.39 is 0 Å². The van der Waals surface area contributed by atoms with Crippen molar-refractivity contribution in [3.05, 3.63) is 29.3 Å². The minimum atomic E-state index is 0.323. The molecule has 1 saturated carbocycles. The van der Waals surface area contributed by atoms with Crippen LogP contribution in [0.1, 0.15) is 25.7 Å². The summed E-state index contributed by atoms with van der Waals surface area (Å²) in [5, 5.41) is 0.691. The molecule has 0 heterocycles. The van der Waals surface area contributed by atoms with Crippen molar-refractivity contribution < 1.29 is 9.37 Å². The molecule has 78 valence electrons. The molecule has 0 N–H and O–H groups in total. The Balaban J connectivity index is 2.27. The molecule has 0 unspecified atom stereocenters. The summed E-state index contributed by atoms with van der Waals surface area (Å²) in [7, 11) is 0. The van der Waals surface area contributed by atoms with Gasteiger partial charge in [-0.05, 0) is 25.0 Å². The smallest absolute Gasteiger partial charge is 0.159 e. The molecule has 0 atom stereocenters. The molecule has 2 rings (SSSR count). The maximum absolute atomic E-state index is 10.9. The Morgan fingerprint density at radius 2 is 1.80 bits per heavy atom. The fourth-order valence-corrected chi connectivity index (χ4v) is 2.23. The number of isocyanates is 1. The van der Waals surface area contributed by atoms with Gasteiger partial charge in [-0.15, -0.1) is 4.58 Å². The number of hydrogen-bond donors (Lipinski definition) is 0. The summed E-state index contributed by atoms with van der Waals surface area (Å²) < 4.78 is 1.70. The van der Waals surface area contributed by atoms with E-state index in [9.17, 15) is 4.79 Å². The summed E-state index contributed by atoms with van der Waals surface area (Å²) in [4.78, 5) is 10.9. The molecule has 0 radical (unpaired) electrons. The van der Waals surface area contributed by atoms with Gasteiger partial charge in [-0.25, -0.2) is 0 Å². The Labute approximate surface area is 94.2 Å². The Morgan fingerprint density at radius 1 is 1.20 bits per heavy atom. The predicted molar refractivity (Wildman–Crippen MR) is 59.3 cm³/mol. The SMILES string of the molecule is O=C=[N+](c1ccc(Cl)cc1)C1CCCC1. The number of carbonyl (C=O) groups excluding carboxylic acids is 1. The van der Waals surface area contributed by atoms with Gasteiger partial charge in [0.05, 0.1) is 0 Å². The van der Waals surface area contributed by atoms with E-state index in [-0.39, 0.29) is 0 Å². The van der Waals surface area contributed by atoms with Crippen molar-refractivity contribution in [2.75, 3.05) is 0 Å². The van der Waals surface area contributed by atoms with E-state index in [1.54, 1.807) is 16.7 Å². The van der Waals surface area contributed by atoms with Crippen molar-refractivity contribution in [3.8, 4) is 0 Å². The van der Waals surface area contributed by atoms with Crippen molar-refractivity contribution in [3.63, 3.8) is 0 Å². The Morgan fingerprint density at radius 3 is 2.33 bits per heavy atom. The van der Waals surface area contributed by atoms with Gasteiger partial charge in [0, 0.05) is 30.0 Å². The van der Waals surface area contributed by atoms with Crippen LogP contribution in [0.2, 0.25) is 5.02 Å². The second-order valence-corrected chi connectivity index (χ2v) is 4.31. The van der Waals surface area contributed by atoms with Gasteiger partial charge >= 0.3 is 6.08 Å². The lowest BCUT2D eigenvalue weighted by molar-refractivity contribution is -0.480. The van der Waals surface area contributed by atoms with E-state index in [4.69, 9.17) is 11.6 Å². The standard InChI is InChI=1S/C12H13ClNO/c13-10-5-7-12(8-6-10)14(9-15)11-3-1-2-4-11/h5-8,11H,1-4H2/q+1. The van der Waals surface area contributed by atoms with Crippen LogP contribution in [0.15, 0.2) is 24.3 Å². The Hall–Kier alpha value is -1.11. The molecular weight excluding hydrogens is 210 g/mol. The second-order valence-electron chi connectivity index (χ2n) is 3.88. The third-order valence-corrected chi connectivity index (χ3v) is 3.14. The lowest BCUT2D eigenvalue weighted by atomic mass is 10.2. The molecule has 0 aliphatic heterocycles. The third kappa shape index (κ3) is 2.28. The summed E-state index contributed by atoms with van der Waals surface area (Å²) in [6.45, 7) is 0. The average Bonchev–Trinajstić information content (AvgIpc) is 2.75. The topological polar surface area (TPSA) is 20.1 Å². The first-order chi connectivity index (χ1) is 7.31. The van der Waals surface area contributed by atoms with E-state index >= 15 is 0 Å². The van der Waals surface area contributed by atoms with Crippen LogP contribution in [0.3, 0.4) is 0 Å². The number of benzene rings is 1. The maximum Gasteiger partial charge on any atom is 0.430 e. The minimum Gasteiger partial charge on any atom is -0.159 e. The molecule has 1 fully saturated rings. The Kier molecular flexibility index (Phi) is 3.20. The van der Waals surface area contributed by atoms with Crippen LogP contribution in [-0.4, -0.2) is 16.7 Å². The van der Waals surface area contributed by atoms with Gasteiger partial charge in [0.2, 0.25) is 5.69 Å². The lowest BCUT2D eigenvalue weighted by Crippen LogP contribution is -2.17. The molecule has 0 amide bonds. The van der Waals surface area contributed by atoms with Gasteiger partial charge in [0.25, 0.3) is 0 Å². The molecule has 3 heteroatoms. The predicted octanol–water partition coefficient (Wildman–Crippen LogP) is 3.26. The molecular formula is C12H13ClNO+. The van der Waals surface area contributed by atoms with Crippen LogP contribution in [0.4, 0.5) is 5.69 Å². The quantitative estimate of drug-likeness (QED) is 0.427. The normalized spacial score (nSPS) is 16.3. The van der Waals surface area contributed by atoms with E-state index in [0.29, 0.717) is 11.1 Å². The first-order valence-electron chi connectivity index (χ1n) is 5.24. The van der Waals surface area contributed by atoms with Gasteiger partial charge in [-0.1, -0.05) is 11.6 Å². The van der Waals surface area contributed by atoms with E-state index in [2.05, 4.69) is 0 Å². The molecule has 1 aromatic carbocycles. The highest BCUT2D eigenvalue weighted by Gasteiger charge is 2.27. The van der Waals surface area contributed by atoms with Crippen molar-refractivity contribution >= 4 is 23.4 Å². The zero-order valence-electron chi connectivity index (χ0n) is 8.45. The molecule has 0 bridgehead atoms. The highest BCUT2D eigenvalue weighted by Crippen LogP contribution is 2.26. The van der Waals surface area contributed by atoms with Gasteiger partial charge in [-0.3, -0.25) is 0 Å². The summed E-state index contributed by atoms with van der Waals surface area (Å²) in [5.74, 6) is 0. The number of halogens is 1. The number of nitrogens with zero attached hydrogens (tertiary/aromatic N) is 1. The summed E-state index contributed by atoms with van der Waals surface area (Å²) in [5.41, 5.74) is 0.890. The number of rotatable bonds is 2. The molecule has 0 spiro atoms. The largest absolute Gasteiger partial charge is 0.430 e. The first-order valence-corrected chi connectivity index (χ1v) is 5.61. The Bertz CT molecular complexity index is 387. The van der Waals surface area contributed by atoms with Crippen LogP contribution >= 0.6 is 11.6 Å². The molecule has 1 aliphatic rings. The fraction of sp³-hybridized carbons (Fsp3) is 0.417. The first kappa shape index (κ1) is 10.4. The molecule has 15 heavy (non-hydrogen) atoms. The lowest BCUT2D eigenvalue weighted by Gasteiger charge is -2.04. The van der Waals surface area contributed by atoms with Crippen LogP contribution < -0.4 is 0 Å². The minimum absolute atomic E-state index is 0.323. The monoisotopic (exact) mass is 222 g/mol. The molecule has 2 nitrogen and oxygen atoms in total. The highest BCUT2D eigenvalue weighted by molar-refractivity contribution is 6.30. The fourth-order valence-electron chi connectivity index (χ4n) is 2.10. The van der Waals surface area contributed by atoms with Gasteiger partial charge < -0.3 is 0 Å². The second kappa shape index (κ2) is 4.61. The molecule has 1 aromatic rings. The summed E-state index contributed by atoms with van der Waals surface area (Å²) in [6.07, 6.45) is 6.59. The zero-order chi connectivity index (χ0) is 10.7. The van der Waals surface area contributed by atoms with Crippen LogP contribution in [0, 0.1) is 0 Å². The van der Waals surface area contributed by atoms with Crippen molar-refractivity contribution in [1.82, 2.24) is 0 Å². The van der Waals surface area contributed by atoms with E-state index in [1.165, 1.54) is 12.8 Å². The average molecular weight is 223 g/mol. The zero-order valence-corrected chi connectivity index (χ0v) is 9.20. The van der Waals surface area contributed by atoms with E-state index in [1.807, 2.05) is 18.2 Å². The van der Waals surface area contributed by atoms with Crippen LogP contribution in [0.5, 0.6) is 0 Å². The summed E-state index contributed by atoms with van der Waals surface area (Å²) >= 11 is 5.80. The molecule has 1 aliphatic carbocycles. The highest BCUT2D eigenvalue weighted by atomic mass is 35.5. The van der Waals surface area contributed by atoms with Crippen molar-refractivity contribution in [1.29, 1.82) is 0 Å². The van der Waals surface area contributed by atoms with E-state index in [0.717, 1.165) is 18.5 Å². The maximum atomic E-state index is 10.9. The van der Waals surface area contributed by atoms with Crippen LogP contribution in [-0.2, 0) is 4.79 Å². The van der Waals surface area contributed by atoms with Crippen LogP contribution in [0.25, 0.3) is 0 Å². The molecule has 0 saturated heterocycles. The van der Waals surface area contributed by atoms with Gasteiger partial charge in [-0.2, -0.15) is 4.79 Å². The van der Waals surface area contributed by atoms with Crippen molar-refractivity contribution in [2.24, 2.45) is 0 Å². The van der Waals surface area contributed by atoms with Gasteiger partial charge in [0.1, 0.15) is 0 Å². The summed E-state index contributed by atoms with van der Waals surface area (Å²) in [6, 6.07) is 7.66. The van der Waals surface area contributed by atoms with Gasteiger partial charge in [0.15, 0.2) is 6.04 Å². The van der Waals surface area contributed by atoms with Crippen molar-refractivity contribution in [2.45, 2.75) is 31.7 Å². The molecule has 0 aromatic heterocycles. The third-order valence-electron chi connectivity index (χ3n) is 2.89. The number of hydrogen-bond acceptors (Lipinski definition) is 1.